The lowest BCUT2D eigenvalue weighted by atomic mass is 10.0. The second-order valence-corrected chi connectivity index (χ2v) is 6.46. The summed E-state index contributed by atoms with van der Waals surface area (Å²) in [6.07, 6.45) is 0. The minimum Gasteiger partial charge on any atom is -0.486 e. The first-order valence-electron chi connectivity index (χ1n) is 7.72. The van der Waals surface area contributed by atoms with Crippen molar-refractivity contribution in [3.05, 3.63) is 84.9 Å². The van der Waals surface area contributed by atoms with Crippen molar-refractivity contribution in [2.45, 2.75) is 0 Å². The Morgan fingerprint density at radius 2 is 1.08 bits per heavy atom. The van der Waals surface area contributed by atoms with Crippen LogP contribution in [0.1, 0.15) is 0 Å². The van der Waals surface area contributed by atoms with Crippen LogP contribution in [0.25, 0.3) is 32.8 Å². The van der Waals surface area contributed by atoms with Gasteiger partial charge in [0, 0.05) is 5.56 Å². The fourth-order valence-corrected chi connectivity index (χ4v) is 3.57. The van der Waals surface area contributed by atoms with E-state index in [0.29, 0.717) is 0 Å². The molecule has 0 saturated heterocycles. The Morgan fingerprint density at radius 1 is 0.583 bits per heavy atom. The van der Waals surface area contributed by atoms with Gasteiger partial charge in [-0.05, 0) is 16.7 Å². The highest BCUT2D eigenvalue weighted by Crippen LogP contribution is 2.39. The molecule has 0 saturated carbocycles. The van der Waals surface area contributed by atoms with E-state index < -0.39 is 0 Å². The van der Waals surface area contributed by atoms with Crippen LogP contribution in [-0.4, -0.2) is 10.1 Å². The first kappa shape index (κ1) is 14.7. The molecule has 3 aromatic carbocycles. The summed E-state index contributed by atoms with van der Waals surface area (Å²) in [7, 11) is 0. The number of aromatic nitrogens is 1. The van der Waals surface area contributed by atoms with Gasteiger partial charge in [-0.3, -0.25) is 0 Å². The highest BCUT2D eigenvalue weighted by atomic mass is 32.1. The molecule has 0 fully saturated rings. The molecule has 3 heteroatoms. The highest BCUT2D eigenvalue weighted by Gasteiger charge is 2.14. The zero-order valence-corrected chi connectivity index (χ0v) is 13.7. The van der Waals surface area contributed by atoms with E-state index in [0.717, 1.165) is 21.7 Å². The predicted octanol–water partition coefficient (Wildman–Crippen LogP) is 5.85. The summed E-state index contributed by atoms with van der Waals surface area (Å²) in [5, 5.41) is 9.99. The van der Waals surface area contributed by atoms with Gasteiger partial charge in [0.2, 0.25) is 0 Å². The van der Waals surface area contributed by atoms with Gasteiger partial charge in [-0.1, -0.05) is 96.3 Å². The van der Waals surface area contributed by atoms with E-state index in [2.05, 4.69) is 41.4 Å². The fourth-order valence-electron chi connectivity index (χ4n) is 2.74. The van der Waals surface area contributed by atoms with Gasteiger partial charge in [0.15, 0.2) is 0 Å². The van der Waals surface area contributed by atoms with Crippen molar-refractivity contribution >= 4 is 11.3 Å². The van der Waals surface area contributed by atoms with Crippen LogP contribution in [0.15, 0.2) is 84.9 Å². The highest BCUT2D eigenvalue weighted by molar-refractivity contribution is 7.17. The Bertz CT molecular complexity index is 944. The number of hydrogen-bond donors (Lipinski definition) is 1. The average Bonchev–Trinajstić information content (AvgIpc) is 3.05. The first-order valence-corrected chi connectivity index (χ1v) is 8.54. The maximum atomic E-state index is 9.90. The first-order chi connectivity index (χ1) is 11.8. The molecule has 1 N–H and O–H groups in total. The molecule has 0 aliphatic rings. The number of aromatic hydroxyl groups is 1. The third-order valence-corrected chi connectivity index (χ3v) is 4.82. The van der Waals surface area contributed by atoms with Crippen molar-refractivity contribution < 1.29 is 5.11 Å². The molecule has 0 spiro atoms. The topological polar surface area (TPSA) is 33.1 Å². The number of thiazole rings is 1. The van der Waals surface area contributed by atoms with Crippen LogP contribution in [-0.2, 0) is 0 Å². The number of hydrogen-bond acceptors (Lipinski definition) is 3. The predicted molar refractivity (Wildman–Crippen MR) is 100 cm³/mol. The van der Waals surface area contributed by atoms with E-state index in [1.165, 1.54) is 22.5 Å². The summed E-state index contributed by atoms with van der Waals surface area (Å²) in [4.78, 5) is 5.32. The summed E-state index contributed by atoms with van der Waals surface area (Å²) in [5.74, 6) is 0. The van der Waals surface area contributed by atoms with E-state index in [4.69, 9.17) is 0 Å². The number of nitrogens with zero attached hydrogens (tertiary/aromatic N) is 1. The van der Waals surface area contributed by atoms with Crippen LogP contribution in [0.4, 0.5) is 0 Å². The van der Waals surface area contributed by atoms with Crippen molar-refractivity contribution in [2.24, 2.45) is 0 Å². The van der Waals surface area contributed by atoms with Crippen molar-refractivity contribution in [2.75, 3.05) is 0 Å². The van der Waals surface area contributed by atoms with Gasteiger partial charge < -0.3 is 5.11 Å². The van der Waals surface area contributed by atoms with Crippen LogP contribution >= 0.6 is 11.3 Å². The molecule has 4 rings (SSSR count). The number of benzene rings is 3. The molecule has 1 heterocycles. The monoisotopic (exact) mass is 329 g/mol. The summed E-state index contributed by atoms with van der Waals surface area (Å²) >= 11 is 1.31. The zero-order valence-electron chi connectivity index (χ0n) is 12.9. The lowest BCUT2D eigenvalue weighted by Crippen LogP contribution is -1.83. The molecule has 1 aromatic heterocycles. The molecule has 0 radical (unpaired) electrons. The lowest BCUT2D eigenvalue weighted by Gasteiger charge is -2.05. The number of rotatable bonds is 3. The molecule has 0 aliphatic heterocycles. The van der Waals surface area contributed by atoms with Crippen molar-refractivity contribution in [1.29, 1.82) is 0 Å². The molecule has 4 aromatic rings. The Hall–Kier alpha value is -2.91. The Balaban J connectivity index is 1.75. The third kappa shape index (κ3) is 2.82. The van der Waals surface area contributed by atoms with E-state index in [1.807, 2.05) is 48.5 Å². The largest absolute Gasteiger partial charge is 0.486 e. The van der Waals surface area contributed by atoms with E-state index >= 15 is 0 Å². The van der Waals surface area contributed by atoms with Gasteiger partial charge in [0.1, 0.15) is 0 Å². The van der Waals surface area contributed by atoms with Gasteiger partial charge in [0.05, 0.1) is 10.6 Å². The maximum Gasteiger partial charge on any atom is 0.271 e. The summed E-state index contributed by atoms with van der Waals surface area (Å²) in [5.41, 5.74) is 5.25. The van der Waals surface area contributed by atoms with Gasteiger partial charge in [0.25, 0.3) is 5.19 Å². The lowest BCUT2D eigenvalue weighted by molar-refractivity contribution is 0.471. The van der Waals surface area contributed by atoms with Crippen LogP contribution < -0.4 is 0 Å². The zero-order chi connectivity index (χ0) is 16.4. The average molecular weight is 329 g/mol. The smallest absolute Gasteiger partial charge is 0.271 e. The van der Waals surface area contributed by atoms with Crippen LogP contribution in [0.5, 0.6) is 5.19 Å². The quantitative estimate of drug-likeness (QED) is 0.511. The summed E-state index contributed by atoms with van der Waals surface area (Å²) in [6, 6.07) is 28.6. The molecular weight excluding hydrogens is 314 g/mol. The molecule has 0 unspecified atom stereocenters. The molecule has 0 aliphatic carbocycles. The van der Waals surface area contributed by atoms with E-state index in [1.54, 1.807) is 0 Å². The molecule has 0 atom stereocenters. The SMILES string of the molecule is Oc1nc(-c2ccc(-c3ccccc3)cc2)c(-c2ccccc2)s1. The Labute approximate surface area is 144 Å². The Morgan fingerprint density at radius 3 is 1.71 bits per heavy atom. The van der Waals surface area contributed by atoms with Crippen molar-refractivity contribution in [3.8, 4) is 38.0 Å². The molecule has 0 amide bonds. The van der Waals surface area contributed by atoms with Crippen molar-refractivity contribution in [1.82, 2.24) is 4.98 Å². The maximum absolute atomic E-state index is 9.90. The summed E-state index contributed by atoms with van der Waals surface area (Å²) < 4.78 is 0. The van der Waals surface area contributed by atoms with Gasteiger partial charge in [-0.25, -0.2) is 4.98 Å². The van der Waals surface area contributed by atoms with Gasteiger partial charge in [-0.2, -0.15) is 0 Å². The fraction of sp³-hybridized carbons (Fsp3) is 0. The molecule has 116 valence electrons. The van der Waals surface area contributed by atoms with Crippen LogP contribution in [0.2, 0.25) is 0 Å². The minimum atomic E-state index is 0.0935. The van der Waals surface area contributed by atoms with Crippen molar-refractivity contribution in [3.63, 3.8) is 0 Å². The Kier molecular flexibility index (Phi) is 3.85. The van der Waals surface area contributed by atoms with Crippen LogP contribution in [0, 0.1) is 0 Å². The molecule has 0 bridgehead atoms. The molecule has 24 heavy (non-hydrogen) atoms. The van der Waals surface area contributed by atoms with E-state index in [9.17, 15) is 5.11 Å². The molecular formula is C21H15NOS. The third-order valence-electron chi connectivity index (χ3n) is 3.92. The second-order valence-electron chi connectivity index (χ2n) is 5.48. The van der Waals surface area contributed by atoms with Gasteiger partial charge >= 0.3 is 0 Å². The summed E-state index contributed by atoms with van der Waals surface area (Å²) in [6.45, 7) is 0. The molecule has 2 nitrogen and oxygen atoms in total. The normalized spacial score (nSPS) is 10.7. The van der Waals surface area contributed by atoms with Gasteiger partial charge in [-0.15, -0.1) is 0 Å². The standard InChI is InChI=1S/C21H15NOS/c23-21-22-19(20(24-21)18-9-5-2-6-10-18)17-13-11-16(12-14-17)15-7-3-1-4-8-15/h1-14H,(H,22,23). The second kappa shape index (κ2) is 6.30. The van der Waals surface area contributed by atoms with Crippen LogP contribution in [0.3, 0.4) is 0 Å². The minimum absolute atomic E-state index is 0.0935. The van der Waals surface area contributed by atoms with E-state index in [-0.39, 0.29) is 5.19 Å².